The van der Waals surface area contributed by atoms with Crippen molar-refractivity contribution in [2.75, 3.05) is 7.05 Å². The summed E-state index contributed by atoms with van der Waals surface area (Å²) in [6.45, 7) is 5.42. The van der Waals surface area contributed by atoms with Gasteiger partial charge in [-0.2, -0.15) is 0 Å². The highest BCUT2D eigenvalue weighted by atomic mass is 16.5. The molecule has 1 aromatic carbocycles. The highest BCUT2D eigenvalue weighted by Crippen LogP contribution is 2.39. The molecule has 1 N–H and O–H groups in total. The van der Waals surface area contributed by atoms with Gasteiger partial charge in [0.15, 0.2) is 0 Å². The first-order chi connectivity index (χ1) is 8.86. The van der Waals surface area contributed by atoms with Gasteiger partial charge >= 0.3 is 5.97 Å². The number of ether oxygens (including phenoxy) is 1. The van der Waals surface area contributed by atoms with Crippen molar-refractivity contribution >= 4 is 18.0 Å². The van der Waals surface area contributed by atoms with E-state index in [4.69, 9.17) is 4.74 Å². The lowest BCUT2D eigenvalue weighted by Gasteiger charge is -2.13. The molecule has 0 radical (unpaired) electrons. The third-order valence-electron chi connectivity index (χ3n) is 3.36. The van der Waals surface area contributed by atoms with Gasteiger partial charge in [-0.05, 0) is 44.5 Å². The average Bonchev–Trinajstić information content (AvgIpc) is 2.60. The van der Waals surface area contributed by atoms with E-state index in [0.29, 0.717) is 11.3 Å². The first-order valence-corrected chi connectivity index (χ1v) is 6.13. The van der Waals surface area contributed by atoms with E-state index in [0.717, 1.165) is 11.1 Å². The van der Waals surface area contributed by atoms with Crippen molar-refractivity contribution in [3.05, 3.63) is 34.9 Å². The second kappa shape index (κ2) is 4.53. The van der Waals surface area contributed by atoms with Crippen LogP contribution in [-0.2, 0) is 15.0 Å². The van der Waals surface area contributed by atoms with Crippen LogP contribution in [0.5, 0.6) is 5.75 Å². The molecule has 1 amide bonds. The molecule has 0 saturated heterocycles. The van der Waals surface area contributed by atoms with Crippen molar-refractivity contribution in [1.29, 1.82) is 0 Å². The first-order valence-electron chi connectivity index (χ1n) is 6.13. The highest BCUT2D eigenvalue weighted by Gasteiger charge is 2.40. The monoisotopic (exact) mass is 259 g/mol. The maximum Gasteiger partial charge on any atom is 0.321 e. The SMILES string of the molecule is CNC(=O)/C(C)=C/c1ccc2c(c1)C(C)(C)C(=O)O2. The van der Waals surface area contributed by atoms with E-state index >= 15 is 0 Å². The van der Waals surface area contributed by atoms with E-state index in [-0.39, 0.29) is 11.9 Å². The third kappa shape index (κ3) is 2.26. The van der Waals surface area contributed by atoms with Gasteiger partial charge in [-0.25, -0.2) is 0 Å². The van der Waals surface area contributed by atoms with Crippen LogP contribution < -0.4 is 10.1 Å². The Morgan fingerprint density at radius 3 is 2.68 bits per heavy atom. The summed E-state index contributed by atoms with van der Waals surface area (Å²) in [5.74, 6) is 0.239. The zero-order valence-corrected chi connectivity index (χ0v) is 11.5. The smallest absolute Gasteiger partial charge is 0.321 e. The van der Waals surface area contributed by atoms with Crippen LogP contribution in [0.1, 0.15) is 31.9 Å². The molecule has 1 heterocycles. The molecule has 0 atom stereocenters. The largest absolute Gasteiger partial charge is 0.426 e. The fourth-order valence-corrected chi connectivity index (χ4v) is 2.06. The lowest BCUT2D eigenvalue weighted by Crippen LogP contribution is -2.25. The Bertz CT molecular complexity index is 585. The summed E-state index contributed by atoms with van der Waals surface area (Å²) in [6, 6.07) is 5.50. The molecular formula is C15H17NO3. The molecule has 0 spiro atoms. The molecule has 0 unspecified atom stereocenters. The zero-order valence-electron chi connectivity index (χ0n) is 11.5. The Kier molecular flexibility index (Phi) is 3.18. The number of hydrogen-bond donors (Lipinski definition) is 1. The normalized spacial score (nSPS) is 16.8. The fourth-order valence-electron chi connectivity index (χ4n) is 2.06. The molecule has 0 aromatic heterocycles. The average molecular weight is 259 g/mol. The number of carbonyl (C=O) groups excluding carboxylic acids is 2. The number of fused-ring (bicyclic) bond motifs is 1. The molecular weight excluding hydrogens is 242 g/mol. The van der Waals surface area contributed by atoms with Gasteiger partial charge < -0.3 is 10.1 Å². The molecule has 2 rings (SSSR count). The number of carbonyl (C=O) groups is 2. The van der Waals surface area contributed by atoms with E-state index in [1.54, 1.807) is 26.1 Å². The lowest BCUT2D eigenvalue weighted by molar-refractivity contribution is -0.137. The fraction of sp³-hybridized carbons (Fsp3) is 0.333. The summed E-state index contributed by atoms with van der Waals surface area (Å²) in [5.41, 5.74) is 1.72. The minimum absolute atomic E-state index is 0.118. The van der Waals surface area contributed by atoms with E-state index in [1.807, 2.05) is 26.0 Å². The van der Waals surface area contributed by atoms with Gasteiger partial charge in [0.1, 0.15) is 5.75 Å². The van der Waals surface area contributed by atoms with Crippen molar-refractivity contribution in [3.8, 4) is 5.75 Å². The molecule has 0 bridgehead atoms. The molecule has 1 aliphatic heterocycles. The van der Waals surface area contributed by atoms with Gasteiger partial charge in [-0.1, -0.05) is 6.07 Å². The Balaban J connectivity index is 2.41. The lowest BCUT2D eigenvalue weighted by atomic mass is 9.85. The number of esters is 1. The van der Waals surface area contributed by atoms with Crippen molar-refractivity contribution in [2.24, 2.45) is 0 Å². The number of benzene rings is 1. The van der Waals surface area contributed by atoms with E-state index in [1.165, 1.54) is 0 Å². The number of amides is 1. The quantitative estimate of drug-likeness (QED) is 0.502. The maximum absolute atomic E-state index is 11.7. The molecule has 0 fully saturated rings. The zero-order chi connectivity index (χ0) is 14.2. The second-order valence-electron chi connectivity index (χ2n) is 5.18. The van der Waals surface area contributed by atoms with E-state index in [9.17, 15) is 9.59 Å². The Morgan fingerprint density at radius 2 is 2.05 bits per heavy atom. The maximum atomic E-state index is 11.7. The van der Waals surface area contributed by atoms with Gasteiger partial charge in [-0.3, -0.25) is 9.59 Å². The van der Waals surface area contributed by atoms with Crippen LogP contribution in [0.3, 0.4) is 0 Å². The van der Waals surface area contributed by atoms with Crippen LogP contribution in [0.2, 0.25) is 0 Å². The van der Waals surface area contributed by atoms with Crippen LogP contribution >= 0.6 is 0 Å². The number of nitrogens with one attached hydrogen (secondary N) is 1. The van der Waals surface area contributed by atoms with Gasteiger partial charge in [0.2, 0.25) is 5.91 Å². The first kappa shape index (κ1) is 13.3. The summed E-state index contributed by atoms with van der Waals surface area (Å²) >= 11 is 0. The molecule has 1 aliphatic rings. The van der Waals surface area contributed by atoms with Gasteiger partial charge in [-0.15, -0.1) is 0 Å². The summed E-state index contributed by atoms with van der Waals surface area (Å²) in [7, 11) is 1.60. The van der Waals surface area contributed by atoms with Crippen LogP contribution in [0, 0.1) is 0 Å². The minimum Gasteiger partial charge on any atom is -0.426 e. The van der Waals surface area contributed by atoms with Gasteiger partial charge in [0.05, 0.1) is 5.41 Å². The van der Waals surface area contributed by atoms with Crippen LogP contribution in [0.15, 0.2) is 23.8 Å². The Labute approximate surface area is 112 Å². The molecule has 1 aromatic rings. The van der Waals surface area contributed by atoms with Crippen LogP contribution in [0.4, 0.5) is 0 Å². The second-order valence-corrected chi connectivity index (χ2v) is 5.18. The van der Waals surface area contributed by atoms with E-state index < -0.39 is 5.41 Å². The summed E-state index contributed by atoms with van der Waals surface area (Å²) in [6.07, 6.45) is 1.79. The molecule has 19 heavy (non-hydrogen) atoms. The van der Waals surface area contributed by atoms with Crippen molar-refractivity contribution < 1.29 is 14.3 Å². The van der Waals surface area contributed by atoms with Crippen molar-refractivity contribution in [3.63, 3.8) is 0 Å². The minimum atomic E-state index is -0.639. The summed E-state index contributed by atoms with van der Waals surface area (Å²) in [4.78, 5) is 23.2. The molecule has 4 heteroatoms. The molecule has 0 saturated carbocycles. The van der Waals surface area contributed by atoms with Gasteiger partial charge in [0, 0.05) is 18.2 Å². The number of rotatable bonds is 2. The summed E-state index contributed by atoms with van der Waals surface area (Å²) < 4.78 is 5.21. The highest BCUT2D eigenvalue weighted by molar-refractivity contribution is 5.97. The standard InChI is InChI=1S/C15H17NO3/c1-9(13(17)16-4)7-10-5-6-12-11(8-10)15(2,3)14(18)19-12/h5-8H,1-4H3,(H,16,17)/b9-7+. The van der Waals surface area contributed by atoms with Crippen molar-refractivity contribution in [1.82, 2.24) is 5.32 Å². The Morgan fingerprint density at radius 1 is 1.37 bits per heavy atom. The number of hydrogen-bond acceptors (Lipinski definition) is 3. The molecule has 4 nitrogen and oxygen atoms in total. The van der Waals surface area contributed by atoms with Crippen molar-refractivity contribution in [2.45, 2.75) is 26.2 Å². The Hall–Kier alpha value is -2.10. The molecule has 0 aliphatic carbocycles. The predicted molar refractivity (Wildman–Crippen MR) is 72.8 cm³/mol. The predicted octanol–water partition coefficient (Wildman–Crippen LogP) is 2.03. The van der Waals surface area contributed by atoms with E-state index in [2.05, 4.69) is 5.32 Å². The summed E-state index contributed by atoms with van der Waals surface area (Å²) in [5, 5.41) is 2.57. The van der Waals surface area contributed by atoms with Crippen LogP contribution in [0.25, 0.3) is 6.08 Å². The third-order valence-corrected chi connectivity index (χ3v) is 3.36. The topological polar surface area (TPSA) is 55.4 Å². The molecule has 100 valence electrons. The van der Waals surface area contributed by atoms with Gasteiger partial charge in [0.25, 0.3) is 0 Å². The number of likely N-dealkylation sites (N-methyl/N-ethyl adjacent to an activating group) is 1. The van der Waals surface area contributed by atoms with Crippen LogP contribution in [-0.4, -0.2) is 18.9 Å².